The number of amides is 1. The molecule has 0 atom stereocenters. The number of hydrogen-bond acceptors (Lipinski definition) is 5. The van der Waals surface area contributed by atoms with Crippen molar-refractivity contribution < 1.29 is 9.72 Å². The predicted molar refractivity (Wildman–Crippen MR) is 113 cm³/mol. The topological polar surface area (TPSA) is 96.3 Å². The molecule has 140 valence electrons. The number of benzene rings is 3. The zero-order valence-electron chi connectivity index (χ0n) is 14.6. The lowest BCUT2D eigenvalue weighted by molar-refractivity contribution is -0.384. The molecular weight excluding hydrogens is 376 g/mol. The summed E-state index contributed by atoms with van der Waals surface area (Å²) in [6.07, 6.45) is 0. The number of hydrogen-bond donors (Lipinski definition) is 3. The fourth-order valence-corrected chi connectivity index (χ4v) is 2.61. The number of nitro benzene ring substituents is 1. The molecule has 0 aliphatic rings. The van der Waals surface area contributed by atoms with Gasteiger partial charge in [-0.1, -0.05) is 18.2 Å². The van der Waals surface area contributed by atoms with Crippen molar-refractivity contribution in [1.82, 2.24) is 5.32 Å². The molecule has 3 N–H and O–H groups in total. The van der Waals surface area contributed by atoms with Gasteiger partial charge in [0.1, 0.15) is 0 Å². The summed E-state index contributed by atoms with van der Waals surface area (Å²) in [5.41, 5.74) is 2.80. The highest BCUT2D eigenvalue weighted by molar-refractivity contribution is 7.80. The summed E-state index contributed by atoms with van der Waals surface area (Å²) in [7, 11) is 0. The van der Waals surface area contributed by atoms with Gasteiger partial charge in [-0.2, -0.15) is 0 Å². The molecule has 0 radical (unpaired) electrons. The lowest BCUT2D eigenvalue weighted by atomic mass is 10.2. The van der Waals surface area contributed by atoms with Crippen molar-refractivity contribution >= 4 is 46.0 Å². The van der Waals surface area contributed by atoms with Gasteiger partial charge in [0.05, 0.1) is 4.92 Å². The van der Waals surface area contributed by atoms with Crippen LogP contribution in [0.4, 0.5) is 22.7 Å². The number of carbonyl (C=O) groups is 1. The highest BCUT2D eigenvalue weighted by atomic mass is 32.1. The van der Waals surface area contributed by atoms with Gasteiger partial charge in [0.25, 0.3) is 11.6 Å². The molecule has 3 aromatic carbocycles. The summed E-state index contributed by atoms with van der Waals surface area (Å²) in [4.78, 5) is 22.3. The third-order valence-corrected chi connectivity index (χ3v) is 3.98. The molecule has 3 rings (SSSR count). The predicted octanol–water partition coefficient (Wildman–Crippen LogP) is 4.47. The molecule has 0 aromatic heterocycles. The zero-order chi connectivity index (χ0) is 19.9. The standard InChI is InChI=1S/C20H16N4O3S/c25-19(14-6-12-18(13-7-14)24(26)27)23-20(28)22-17-10-8-16(9-11-17)21-15-4-2-1-3-5-15/h1-13,21H,(H2,22,23,25,28). The van der Waals surface area contributed by atoms with Crippen molar-refractivity contribution in [3.05, 3.63) is 94.5 Å². The number of anilines is 3. The van der Waals surface area contributed by atoms with E-state index in [1.807, 2.05) is 54.6 Å². The number of non-ortho nitro benzene ring substituents is 1. The molecule has 3 aromatic rings. The number of nitrogens with one attached hydrogen (secondary N) is 3. The normalized spacial score (nSPS) is 10.0. The van der Waals surface area contributed by atoms with Gasteiger partial charge in [0.2, 0.25) is 0 Å². The molecule has 1 amide bonds. The molecule has 7 nitrogen and oxygen atoms in total. The minimum absolute atomic E-state index is 0.0820. The smallest absolute Gasteiger partial charge is 0.269 e. The highest BCUT2D eigenvalue weighted by Gasteiger charge is 2.11. The van der Waals surface area contributed by atoms with Crippen LogP contribution in [-0.2, 0) is 0 Å². The molecule has 0 heterocycles. The van der Waals surface area contributed by atoms with Gasteiger partial charge in [-0.05, 0) is 60.7 Å². The molecule has 28 heavy (non-hydrogen) atoms. The Labute approximate surface area is 166 Å². The molecule has 8 heteroatoms. The second-order valence-electron chi connectivity index (χ2n) is 5.78. The number of para-hydroxylation sites is 1. The maximum Gasteiger partial charge on any atom is 0.269 e. The molecule has 0 aliphatic heterocycles. The summed E-state index contributed by atoms with van der Waals surface area (Å²) in [5.74, 6) is -0.449. The Kier molecular flexibility index (Phi) is 5.93. The second-order valence-corrected chi connectivity index (χ2v) is 6.19. The Hall–Kier alpha value is -3.78. The van der Waals surface area contributed by atoms with Crippen LogP contribution in [0.1, 0.15) is 10.4 Å². The molecule has 0 fully saturated rings. The molecule has 0 bridgehead atoms. The fraction of sp³-hybridized carbons (Fsp3) is 0. The van der Waals surface area contributed by atoms with Crippen molar-refractivity contribution in [2.45, 2.75) is 0 Å². The third kappa shape index (κ3) is 5.12. The molecule has 0 saturated heterocycles. The van der Waals surface area contributed by atoms with E-state index in [0.29, 0.717) is 5.69 Å². The number of nitro groups is 1. The Morgan fingerprint density at radius 3 is 2.00 bits per heavy atom. The summed E-state index contributed by atoms with van der Waals surface area (Å²) in [6.45, 7) is 0. The maximum atomic E-state index is 12.2. The first-order valence-electron chi connectivity index (χ1n) is 8.30. The van der Waals surface area contributed by atoms with Crippen LogP contribution in [-0.4, -0.2) is 15.9 Å². The van der Waals surface area contributed by atoms with Crippen LogP contribution in [0, 0.1) is 10.1 Å². The van der Waals surface area contributed by atoms with Gasteiger partial charge >= 0.3 is 0 Å². The summed E-state index contributed by atoms with van der Waals surface area (Å²) >= 11 is 5.15. The molecular formula is C20H16N4O3S. The monoisotopic (exact) mass is 392 g/mol. The van der Waals surface area contributed by atoms with E-state index in [2.05, 4.69) is 16.0 Å². The van der Waals surface area contributed by atoms with Crippen LogP contribution in [0.5, 0.6) is 0 Å². The average molecular weight is 392 g/mol. The molecule has 0 saturated carbocycles. The SMILES string of the molecule is O=C(NC(=S)Nc1ccc(Nc2ccccc2)cc1)c1ccc([N+](=O)[O-])cc1. The first-order chi connectivity index (χ1) is 13.5. The van der Waals surface area contributed by atoms with Gasteiger partial charge in [0.15, 0.2) is 5.11 Å². The summed E-state index contributed by atoms with van der Waals surface area (Å²) in [5, 5.41) is 19.5. The Bertz CT molecular complexity index is 990. The largest absolute Gasteiger partial charge is 0.356 e. The van der Waals surface area contributed by atoms with Crippen LogP contribution in [0.2, 0.25) is 0 Å². The minimum atomic E-state index is -0.524. The third-order valence-electron chi connectivity index (χ3n) is 3.77. The van der Waals surface area contributed by atoms with Crippen LogP contribution in [0.25, 0.3) is 0 Å². The Morgan fingerprint density at radius 1 is 0.821 bits per heavy atom. The first-order valence-corrected chi connectivity index (χ1v) is 8.71. The Morgan fingerprint density at radius 2 is 1.39 bits per heavy atom. The van der Waals surface area contributed by atoms with E-state index in [1.54, 1.807) is 0 Å². The molecule has 0 aliphatic carbocycles. The Balaban J connectivity index is 1.55. The van der Waals surface area contributed by atoms with E-state index in [9.17, 15) is 14.9 Å². The van der Waals surface area contributed by atoms with Gasteiger partial charge in [-0.3, -0.25) is 20.2 Å². The average Bonchev–Trinajstić information content (AvgIpc) is 2.70. The molecule has 0 unspecified atom stereocenters. The van der Waals surface area contributed by atoms with Crippen molar-refractivity contribution in [3.63, 3.8) is 0 Å². The number of rotatable bonds is 5. The summed E-state index contributed by atoms with van der Waals surface area (Å²) in [6, 6.07) is 22.5. The summed E-state index contributed by atoms with van der Waals surface area (Å²) < 4.78 is 0. The van der Waals surface area contributed by atoms with Crippen LogP contribution >= 0.6 is 12.2 Å². The number of nitrogens with zero attached hydrogens (tertiary/aromatic N) is 1. The second kappa shape index (κ2) is 8.74. The first kappa shape index (κ1) is 19.0. The maximum absolute atomic E-state index is 12.2. The zero-order valence-corrected chi connectivity index (χ0v) is 15.4. The van der Waals surface area contributed by atoms with Crippen LogP contribution in [0.3, 0.4) is 0 Å². The van der Waals surface area contributed by atoms with Crippen molar-refractivity contribution in [3.8, 4) is 0 Å². The van der Waals surface area contributed by atoms with Crippen LogP contribution in [0.15, 0.2) is 78.9 Å². The van der Waals surface area contributed by atoms with E-state index in [0.717, 1.165) is 11.4 Å². The van der Waals surface area contributed by atoms with Gasteiger partial charge < -0.3 is 10.6 Å². The number of carbonyl (C=O) groups excluding carboxylic acids is 1. The molecule has 0 spiro atoms. The quantitative estimate of drug-likeness (QED) is 0.337. The van der Waals surface area contributed by atoms with Crippen molar-refractivity contribution in [2.24, 2.45) is 0 Å². The van der Waals surface area contributed by atoms with E-state index in [-0.39, 0.29) is 16.4 Å². The van der Waals surface area contributed by atoms with Gasteiger partial charge in [-0.25, -0.2) is 0 Å². The minimum Gasteiger partial charge on any atom is -0.356 e. The fourth-order valence-electron chi connectivity index (χ4n) is 2.40. The van der Waals surface area contributed by atoms with Crippen molar-refractivity contribution in [2.75, 3.05) is 10.6 Å². The lowest BCUT2D eigenvalue weighted by Crippen LogP contribution is -2.34. The van der Waals surface area contributed by atoms with Gasteiger partial charge in [0, 0.05) is 34.8 Å². The van der Waals surface area contributed by atoms with Crippen molar-refractivity contribution in [1.29, 1.82) is 0 Å². The van der Waals surface area contributed by atoms with Crippen LogP contribution < -0.4 is 16.0 Å². The highest BCUT2D eigenvalue weighted by Crippen LogP contribution is 2.18. The van der Waals surface area contributed by atoms with E-state index >= 15 is 0 Å². The number of thiocarbonyl (C=S) groups is 1. The van der Waals surface area contributed by atoms with E-state index in [1.165, 1.54) is 24.3 Å². The van der Waals surface area contributed by atoms with E-state index in [4.69, 9.17) is 12.2 Å². The van der Waals surface area contributed by atoms with Gasteiger partial charge in [-0.15, -0.1) is 0 Å². The lowest BCUT2D eigenvalue weighted by Gasteiger charge is -2.11. The van der Waals surface area contributed by atoms with E-state index < -0.39 is 10.8 Å².